The van der Waals surface area contributed by atoms with Crippen molar-refractivity contribution in [3.05, 3.63) is 64.6 Å². The highest BCUT2D eigenvalue weighted by atomic mass is 32.1. The first kappa shape index (κ1) is 19.5. The fourth-order valence-corrected chi connectivity index (χ4v) is 3.09. The van der Waals surface area contributed by atoms with Crippen LogP contribution in [-0.2, 0) is 7.05 Å². The summed E-state index contributed by atoms with van der Waals surface area (Å²) in [5.74, 6) is 1.26. The van der Waals surface area contributed by atoms with E-state index in [1.807, 2.05) is 44.3 Å². The Kier molecular flexibility index (Phi) is 5.70. The number of thiocarbonyl (C=S) groups is 1. The van der Waals surface area contributed by atoms with Gasteiger partial charge in [0.15, 0.2) is 5.11 Å². The number of para-hydroxylation sites is 1. The largest absolute Gasteiger partial charge is 0.497 e. The maximum absolute atomic E-state index is 13.0. The van der Waals surface area contributed by atoms with E-state index in [4.69, 9.17) is 21.7 Å². The molecule has 3 rings (SSSR count). The van der Waals surface area contributed by atoms with Gasteiger partial charge in [-0.2, -0.15) is 0 Å². The van der Waals surface area contributed by atoms with Crippen molar-refractivity contribution in [2.45, 2.75) is 6.92 Å². The van der Waals surface area contributed by atoms with Crippen LogP contribution in [0, 0.1) is 6.92 Å². The monoisotopic (exact) mass is 398 g/mol. The molecule has 0 fully saturated rings. The first-order valence-electron chi connectivity index (χ1n) is 8.59. The fraction of sp³-hybridized carbons (Fsp3) is 0.200. The quantitative estimate of drug-likeness (QED) is 0.643. The molecule has 8 heteroatoms. The summed E-state index contributed by atoms with van der Waals surface area (Å²) in [6.45, 7) is 1.86. The third-order valence-corrected chi connectivity index (χ3v) is 4.61. The average molecular weight is 398 g/mol. The van der Waals surface area contributed by atoms with Crippen molar-refractivity contribution in [3.8, 4) is 17.2 Å². The Labute approximate surface area is 168 Å². The predicted octanol–water partition coefficient (Wildman–Crippen LogP) is 3.31. The van der Waals surface area contributed by atoms with Gasteiger partial charge in [-0.25, -0.2) is 4.68 Å². The highest BCUT2D eigenvalue weighted by Gasteiger charge is 2.17. The minimum absolute atomic E-state index is 0.182. The van der Waals surface area contributed by atoms with Crippen LogP contribution in [0.1, 0.15) is 5.69 Å². The van der Waals surface area contributed by atoms with Gasteiger partial charge >= 0.3 is 0 Å². The van der Waals surface area contributed by atoms with Crippen molar-refractivity contribution >= 4 is 28.7 Å². The van der Waals surface area contributed by atoms with Gasteiger partial charge in [0.05, 0.1) is 25.6 Å². The normalized spacial score (nSPS) is 10.4. The van der Waals surface area contributed by atoms with Gasteiger partial charge in [-0.05, 0) is 31.3 Å². The molecule has 0 bridgehead atoms. The first-order chi connectivity index (χ1) is 13.4. The van der Waals surface area contributed by atoms with Crippen LogP contribution in [0.5, 0.6) is 11.5 Å². The Hall–Kier alpha value is -3.26. The summed E-state index contributed by atoms with van der Waals surface area (Å²) in [4.78, 5) is 13.0. The molecule has 3 aromatic rings. The number of anilines is 2. The molecule has 0 unspecified atom stereocenters. The second-order valence-corrected chi connectivity index (χ2v) is 6.53. The van der Waals surface area contributed by atoms with Crippen LogP contribution in [-0.4, -0.2) is 28.7 Å². The zero-order valence-electron chi connectivity index (χ0n) is 16.1. The van der Waals surface area contributed by atoms with E-state index in [1.54, 1.807) is 41.8 Å². The van der Waals surface area contributed by atoms with E-state index in [0.717, 1.165) is 11.4 Å². The van der Waals surface area contributed by atoms with Crippen molar-refractivity contribution in [1.82, 2.24) is 9.36 Å². The molecular formula is C20H22N4O3S. The van der Waals surface area contributed by atoms with Crippen LogP contribution >= 0.6 is 12.2 Å². The number of nitrogens with zero attached hydrogens (tertiary/aromatic N) is 2. The zero-order valence-corrected chi connectivity index (χ0v) is 17.0. The number of methoxy groups -OCH3 is 2. The molecule has 1 aromatic heterocycles. The van der Waals surface area contributed by atoms with Gasteiger partial charge < -0.3 is 20.1 Å². The third kappa shape index (κ3) is 3.86. The van der Waals surface area contributed by atoms with Gasteiger partial charge in [0.25, 0.3) is 5.56 Å². The average Bonchev–Trinajstić information content (AvgIpc) is 2.91. The van der Waals surface area contributed by atoms with Crippen molar-refractivity contribution in [2.24, 2.45) is 7.05 Å². The predicted molar refractivity (Wildman–Crippen MR) is 115 cm³/mol. The van der Waals surface area contributed by atoms with E-state index in [-0.39, 0.29) is 5.56 Å². The van der Waals surface area contributed by atoms with E-state index in [2.05, 4.69) is 10.6 Å². The summed E-state index contributed by atoms with van der Waals surface area (Å²) < 4.78 is 13.9. The molecule has 0 aliphatic heterocycles. The molecule has 0 amide bonds. The number of rotatable bonds is 5. The van der Waals surface area contributed by atoms with E-state index in [1.165, 1.54) is 0 Å². The minimum Gasteiger partial charge on any atom is -0.497 e. The molecule has 0 saturated carbocycles. The fourth-order valence-electron chi connectivity index (χ4n) is 2.87. The second kappa shape index (κ2) is 8.18. The Balaban J connectivity index is 1.87. The Bertz CT molecular complexity index is 1040. The van der Waals surface area contributed by atoms with Crippen molar-refractivity contribution < 1.29 is 9.47 Å². The second-order valence-electron chi connectivity index (χ2n) is 6.12. The summed E-state index contributed by atoms with van der Waals surface area (Å²) >= 11 is 5.40. The summed E-state index contributed by atoms with van der Waals surface area (Å²) in [7, 11) is 4.99. The number of ether oxygens (including phenoxy) is 2. The number of hydrogen-bond donors (Lipinski definition) is 2. The molecule has 0 atom stereocenters. The highest BCUT2D eigenvalue weighted by molar-refractivity contribution is 7.80. The summed E-state index contributed by atoms with van der Waals surface area (Å²) in [6.07, 6.45) is 0. The van der Waals surface area contributed by atoms with E-state index in [0.29, 0.717) is 28.0 Å². The van der Waals surface area contributed by atoms with Crippen LogP contribution in [0.3, 0.4) is 0 Å². The van der Waals surface area contributed by atoms with Gasteiger partial charge in [0.2, 0.25) is 0 Å². The minimum atomic E-state index is -0.182. The molecule has 7 nitrogen and oxygen atoms in total. The molecule has 0 spiro atoms. The van der Waals surface area contributed by atoms with Crippen molar-refractivity contribution in [1.29, 1.82) is 0 Å². The number of benzene rings is 2. The van der Waals surface area contributed by atoms with Crippen molar-refractivity contribution in [2.75, 3.05) is 24.9 Å². The van der Waals surface area contributed by atoms with Gasteiger partial charge in [0.1, 0.15) is 17.2 Å². The molecule has 2 N–H and O–H groups in total. The van der Waals surface area contributed by atoms with Crippen LogP contribution < -0.4 is 25.7 Å². The SMILES string of the molecule is COc1cc(NC(=S)Nc2c(C)n(C)n(-c3ccccc3)c2=O)cc(OC)c1. The van der Waals surface area contributed by atoms with E-state index < -0.39 is 0 Å². The molecular weight excluding hydrogens is 376 g/mol. The first-order valence-corrected chi connectivity index (χ1v) is 9.00. The topological polar surface area (TPSA) is 69.5 Å². The Morgan fingerprint density at radius 1 is 1.00 bits per heavy atom. The van der Waals surface area contributed by atoms with Gasteiger partial charge in [-0.1, -0.05) is 18.2 Å². The summed E-state index contributed by atoms with van der Waals surface area (Å²) in [5.41, 5.74) is 2.46. The molecule has 2 aromatic carbocycles. The molecule has 0 aliphatic rings. The third-order valence-electron chi connectivity index (χ3n) is 4.40. The molecule has 146 valence electrons. The molecule has 0 saturated heterocycles. The van der Waals surface area contributed by atoms with Gasteiger partial charge in [-0.15, -0.1) is 0 Å². The molecule has 1 heterocycles. The van der Waals surface area contributed by atoms with Gasteiger partial charge in [0, 0.05) is 30.9 Å². The molecule has 0 radical (unpaired) electrons. The zero-order chi connectivity index (χ0) is 20.3. The lowest BCUT2D eigenvalue weighted by molar-refractivity contribution is 0.395. The van der Waals surface area contributed by atoms with E-state index in [9.17, 15) is 4.79 Å². The van der Waals surface area contributed by atoms with Crippen molar-refractivity contribution in [3.63, 3.8) is 0 Å². The summed E-state index contributed by atoms with van der Waals surface area (Å²) in [5, 5.41) is 6.38. The number of aromatic nitrogens is 2. The number of hydrogen-bond acceptors (Lipinski definition) is 4. The van der Waals surface area contributed by atoms with Gasteiger partial charge in [-0.3, -0.25) is 9.48 Å². The van der Waals surface area contributed by atoms with Crippen LogP contribution in [0.2, 0.25) is 0 Å². The smallest absolute Gasteiger partial charge is 0.295 e. The lowest BCUT2D eigenvalue weighted by atomic mass is 10.3. The highest BCUT2D eigenvalue weighted by Crippen LogP contribution is 2.26. The van der Waals surface area contributed by atoms with Crippen LogP contribution in [0.15, 0.2) is 53.3 Å². The van der Waals surface area contributed by atoms with Crippen LogP contribution in [0.4, 0.5) is 11.4 Å². The Morgan fingerprint density at radius 2 is 1.61 bits per heavy atom. The maximum Gasteiger partial charge on any atom is 0.295 e. The lowest BCUT2D eigenvalue weighted by Gasteiger charge is -2.12. The van der Waals surface area contributed by atoms with Crippen LogP contribution in [0.25, 0.3) is 5.69 Å². The van der Waals surface area contributed by atoms with E-state index >= 15 is 0 Å². The molecule has 0 aliphatic carbocycles. The maximum atomic E-state index is 13.0. The lowest BCUT2D eigenvalue weighted by Crippen LogP contribution is -2.25. The molecule has 28 heavy (non-hydrogen) atoms. The summed E-state index contributed by atoms with van der Waals surface area (Å²) in [6, 6.07) is 14.8. The Morgan fingerprint density at radius 3 is 2.18 bits per heavy atom. The standard InChI is InChI=1S/C20H22N4O3S/c1-13-18(19(25)24(23(13)2)15-8-6-5-7-9-15)22-20(28)21-14-10-16(26-3)12-17(11-14)27-4/h5-12H,1-4H3,(H2,21,22,28). The number of nitrogens with one attached hydrogen (secondary N) is 2.